The molecule has 0 radical (unpaired) electrons. The summed E-state index contributed by atoms with van der Waals surface area (Å²) in [5, 5.41) is 19.4. The Kier molecular flexibility index (Phi) is 3.17. The van der Waals surface area contributed by atoms with Gasteiger partial charge in [0.15, 0.2) is 5.82 Å². The number of rotatable bonds is 3. The van der Waals surface area contributed by atoms with Gasteiger partial charge in [-0.1, -0.05) is 23.2 Å². The Morgan fingerprint density at radius 1 is 1.21 bits per heavy atom. The molecule has 2 aliphatic carbocycles. The van der Waals surface area contributed by atoms with Crippen LogP contribution in [0.25, 0.3) is 11.6 Å². The fraction of sp³-hybridized carbons (Fsp3) is 0.600. The third-order valence-corrected chi connectivity index (χ3v) is 5.13. The smallest absolute Gasteiger partial charge is 0.239 e. The third-order valence-electron chi connectivity index (χ3n) is 5.13. The van der Waals surface area contributed by atoms with Crippen molar-refractivity contribution in [2.24, 2.45) is 0 Å². The number of hydrogen-bond acceptors (Lipinski definition) is 7. The van der Waals surface area contributed by atoms with Crippen LogP contribution < -0.4 is 0 Å². The maximum absolute atomic E-state index is 5.49. The molecule has 124 valence electrons. The standard InChI is InChI=1S/C15H18N8O/c1-2-4-10(3-1)23-12-7-9(5-6-11(12)19-22-23)15-18-14(21-24-15)13-16-8-17-20-13/h8-10H,1-7H2,(H,16,17,20). The number of fused-ring (bicyclic) bond motifs is 1. The molecule has 1 unspecified atom stereocenters. The van der Waals surface area contributed by atoms with E-state index >= 15 is 0 Å². The third kappa shape index (κ3) is 2.22. The summed E-state index contributed by atoms with van der Waals surface area (Å²) in [6, 6.07) is 0.507. The first-order valence-corrected chi connectivity index (χ1v) is 8.51. The zero-order valence-electron chi connectivity index (χ0n) is 13.2. The lowest BCUT2D eigenvalue weighted by Crippen LogP contribution is -2.18. The first-order valence-electron chi connectivity index (χ1n) is 8.51. The first kappa shape index (κ1) is 13.8. The Morgan fingerprint density at radius 3 is 2.96 bits per heavy atom. The maximum atomic E-state index is 5.49. The molecule has 0 bridgehead atoms. The Labute approximate surface area is 137 Å². The number of H-pyrrole nitrogens is 1. The van der Waals surface area contributed by atoms with Crippen molar-refractivity contribution in [1.29, 1.82) is 0 Å². The largest absolute Gasteiger partial charge is 0.339 e. The molecule has 24 heavy (non-hydrogen) atoms. The number of hydrogen-bond donors (Lipinski definition) is 1. The Bertz CT molecular complexity index is 830. The van der Waals surface area contributed by atoms with E-state index < -0.39 is 0 Å². The minimum Gasteiger partial charge on any atom is -0.339 e. The fourth-order valence-corrected chi connectivity index (χ4v) is 3.86. The molecule has 3 aromatic rings. The minimum atomic E-state index is 0.209. The predicted octanol–water partition coefficient (Wildman–Crippen LogP) is 1.83. The Hall–Kier alpha value is -2.58. The SMILES string of the molecule is c1n[nH]c(-c2noc(C3CCc4nnn(C5CCCC5)c4C3)n2)n1. The second-order valence-electron chi connectivity index (χ2n) is 6.60. The molecule has 3 aromatic heterocycles. The summed E-state index contributed by atoms with van der Waals surface area (Å²) in [5.74, 6) is 1.85. The van der Waals surface area contributed by atoms with Crippen LogP contribution in [-0.4, -0.2) is 40.3 Å². The van der Waals surface area contributed by atoms with Gasteiger partial charge in [0.25, 0.3) is 0 Å². The number of aryl methyl sites for hydroxylation is 1. The maximum Gasteiger partial charge on any atom is 0.239 e. The molecule has 1 atom stereocenters. The molecule has 2 aliphatic rings. The molecule has 0 spiro atoms. The summed E-state index contributed by atoms with van der Waals surface area (Å²) in [6.07, 6.45) is 9.13. The number of aromatic nitrogens is 8. The van der Waals surface area contributed by atoms with Crippen molar-refractivity contribution in [2.45, 2.75) is 56.9 Å². The van der Waals surface area contributed by atoms with Gasteiger partial charge in [-0.05, 0) is 25.7 Å². The highest BCUT2D eigenvalue weighted by Gasteiger charge is 2.31. The summed E-state index contributed by atoms with van der Waals surface area (Å²) < 4.78 is 7.64. The van der Waals surface area contributed by atoms with Crippen LogP contribution in [0, 0.1) is 0 Å². The summed E-state index contributed by atoms with van der Waals surface area (Å²) in [5.41, 5.74) is 2.38. The van der Waals surface area contributed by atoms with Gasteiger partial charge in [-0.15, -0.1) is 5.10 Å². The minimum absolute atomic E-state index is 0.209. The lowest BCUT2D eigenvalue weighted by Gasteiger charge is -2.21. The molecular weight excluding hydrogens is 308 g/mol. The zero-order chi connectivity index (χ0) is 15.9. The van der Waals surface area contributed by atoms with E-state index in [1.54, 1.807) is 0 Å². The van der Waals surface area contributed by atoms with Crippen LogP contribution in [-0.2, 0) is 12.8 Å². The first-order chi connectivity index (χ1) is 11.9. The molecule has 1 saturated carbocycles. The van der Waals surface area contributed by atoms with Gasteiger partial charge in [0.05, 0.1) is 17.4 Å². The van der Waals surface area contributed by atoms with Gasteiger partial charge in [-0.3, -0.25) is 5.10 Å². The van der Waals surface area contributed by atoms with Crippen LogP contribution in [0.4, 0.5) is 0 Å². The van der Waals surface area contributed by atoms with Crippen LogP contribution in [0.3, 0.4) is 0 Å². The van der Waals surface area contributed by atoms with Gasteiger partial charge in [-0.2, -0.15) is 10.1 Å². The van der Waals surface area contributed by atoms with Gasteiger partial charge >= 0.3 is 0 Å². The normalized spacial score (nSPS) is 21.2. The Morgan fingerprint density at radius 2 is 2.12 bits per heavy atom. The van der Waals surface area contributed by atoms with E-state index in [2.05, 4.69) is 40.3 Å². The molecule has 1 N–H and O–H groups in total. The van der Waals surface area contributed by atoms with Crippen molar-refractivity contribution in [3.05, 3.63) is 23.6 Å². The predicted molar refractivity (Wildman–Crippen MR) is 82.0 cm³/mol. The molecule has 9 nitrogen and oxygen atoms in total. The van der Waals surface area contributed by atoms with Gasteiger partial charge in [0.1, 0.15) is 6.33 Å². The van der Waals surface area contributed by atoms with Crippen LogP contribution in [0.5, 0.6) is 0 Å². The fourth-order valence-electron chi connectivity index (χ4n) is 3.86. The van der Waals surface area contributed by atoms with Crippen molar-refractivity contribution in [3.8, 4) is 11.6 Å². The van der Waals surface area contributed by atoms with Gasteiger partial charge in [0.2, 0.25) is 11.7 Å². The van der Waals surface area contributed by atoms with E-state index in [1.165, 1.54) is 37.7 Å². The van der Waals surface area contributed by atoms with Gasteiger partial charge in [0, 0.05) is 12.3 Å². The highest BCUT2D eigenvalue weighted by Crippen LogP contribution is 2.36. The van der Waals surface area contributed by atoms with E-state index in [0.717, 1.165) is 25.0 Å². The van der Waals surface area contributed by atoms with E-state index in [0.29, 0.717) is 23.6 Å². The monoisotopic (exact) mass is 326 g/mol. The molecule has 5 rings (SSSR count). The number of nitrogens with one attached hydrogen (secondary N) is 1. The van der Waals surface area contributed by atoms with E-state index in [-0.39, 0.29) is 5.92 Å². The summed E-state index contributed by atoms with van der Waals surface area (Å²) in [6.45, 7) is 0. The number of aromatic amines is 1. The van der Waals surface area contributed by atoms with Crippen molar-refractivity contribution in [3.63, 3.8) is 0 Å². The van der Waals surface area contributed by atoms with E-state index in [4.69, 9.17) is 4.52 Å². The molecule has 0 aliphatic heterocycles. The topological polar surface area (TPSA) is 111 Å². The van der Waals surface area contributed by atoms with Crippen molar-refractivity contribution in [2.75, 3.05) is 0 Å². The highest BCUT2D eigenvalue weighted by atomic mass is 16.5. The average Bonchev–Trinajstić information content (AvgIpc) is 3.41. The van der Waals surface area contributed by atoms with Crippen LogP contribution in [0.1, 0.15) is 61.3 Å². The molecular formula is C15H18N8O. The van der Waals surface area contributed by atoms with E-state index in [9.17, 15) is 0 Å². The average molecular weight is 326 g/mol. The van der Waals surface area contributed by atoms with Gasteiger partial charge in [-0.25, -0.2) is 9.67 Å². The van der Waals surface area contributed by atoms with Crippen molar-refractivity contribution in [1.82, 2.24) is 40.3 Å². The quantitative estimate of drug-likeness (QED) is 0.781. The Balaban J connectivity index is 1.41. The summed E-state index contributed by atoms with van der Waals surface area (Å²) >= 11 is 0. The molecule has 9 heteroatoms. The molecule has 1 fully saturated rings. The second kappa shape index (κ2) is 5.50. The van der Waals surface area contributed by atoms with Crippen LogP contribution >= 0.6 is 0 Å². The molecule has 0 saturated heterocycles. The zero-order valence-corrected chi connectivity index (χ0v) is 13.2. The second-order valence-corrected chi connectivity index (χ2v) is 6.60. The van der Waals surface area contributed by atoms with Crippen LogP contribution in [0.2, 0.25) is 0 Å². The molecule has 0 aromatic carbocycles. The van der Waals surface area contributed by atoms with Crippen LogP contribution in [0.15, 0.2) is 10.9 Å². The lowest BCUT2D eigenvalue weighted by atomic mass is 9.89. The van der Waals surface area contributed by atoms with E-state index in [1.807, 2.05) is 0 Å². The molecule has 0 amide bonds. The molecule has 3 heterocycles. The summed E-state index contributed by atoms with van der Waals surface area (Å²) in [4.78, 5) is 8.56. The van der Waals surface area contributed by atoms with Gasteiger partial charge < -0.3 is 4.52 Å². The van der Waals surface area contributed by atoms with Crippen molar-refractivity contribution < 1.29 is 4.52 Å². The highest BCUT2D eigenvalue weighted by molar-refractivity contribution is 5.40. The lowest BCUT2D eigenvalue weighted by molar-refractivity contribution is 0.334. The number of nitrogens with zero attached hydrogens (tertiary/aromatic N) is 7. The van der Waals surface area contributed by atoms with Crippen molar-refractivity contribution >= 4 is 0 Å². The summed E-state index contributed by atoms with van der Waals surface area (Å²) in [7, 11) is 0.